The molecule has 180 valence electrons. The second kappa shape index (κ2) is 9.21. The number of sulfonamides is 1. The average molecular weight is 495 g/mol. The van der Waals surface area contributed by atoms with Gasteiger partial charge in [0, 0.05) is 32.7 Å². The maximum atomic E-state index is 13.1. The summed E-state index contributed by atoms with van der Waals surface area (Å²) in [5.41, 5.74) is -2.58. The third-order valence-corrected chi connectivity index (χ3v) is 6.89. The Kier molecular flexibility index (Phi) is 6.93. The summed E-state index contributed by atoms with van der Waals surface area (Å²) in [5, 5.41) is 2.67. The largest absolute Gasteiger partial charge is 0.416 e. The molecule has 0 unspecified atom stereocenters. The van der Waals surface area contributed by atoms with Gasteiger partial charge in [-0.25, -0.2) is 13.2 Å². The molecule has 0 spiro atoms. The number of nitrogens with one attached hydrogen (secondary N) is 1. The van der Waals surface area contributed by atoms with Crippen LogP contribution in [-0.2, 0) is 28.9 Å². The second-order valence-electron chi connectivity index (χ2n) is 7.28. The molecule has 1 aliphatic heterocycles. The lowest BCUT2D eigenvalue weighted by Crippen LogP contribution is -2.53. The first kappa shape index (κ1) is 24.8. The van der Waals surface area contributed by atoms with E-state index < -0.39 is 44.4 Å². The van der Waals surface area contributed by atoms with E-state index >= 15 is 0 Å². The second-order valence-corrected chi connectivity index (χ2v) is 9.21. The summed E-state index contributed by atoms with van der Waals surface area (Å²) in [7, 11) is -4.66. The van der Waals surface area contributed by atoms with Crippen molar-refractivity contribution in [1.29, 1.82) is 0 Å². The van der Waals surface area contributed by atoms with Crippen LogP contribution in [0, 0.1) is 0 Å². The standard InChI is InChI=1S/C20H19F6N3O3S/c21-19(22,23)15-10-16(20(24,25)26)12-17(11-15)33(31,32)29-8-6-28(7-9-29)18(30)27-13-14-4-2-1-3-5-14/h1-5,10-12H,6-9,13H2,(H,27,30). The Hall–Kier alpha value is -2.80. The van der Waals surface area contributed by atoms with Gasteiger partial charge in [0.25, 0.3) is 0 Å². The lowest BCUT2D eigenvalue weighted by molar-refractivity contribution is -0.143. The van der Waals surface area contributed by atoms with Crippen molar-refractivity contribution in [2.45, 2.75) is 23.8 Å². The summed E-state index contributed by atoms with van der Waals surface area (Å²) >= 11 is 0. The summed E-state index contributed by atoms with van der Waals surface area (Å²) in [6, 6.07) is 8.78. The van der Waals surface area contributed by atoms with E-state index in [0.717, 1.165) is 9.87 Å². The van der Waals surface area contributed by atoms with E-state index in [1.807, 2.05) is 6.07 Å². The van der Waals surface area contributed by atoms with Gasteiger partial charge >= 0.3 is 18.4 Å². The van der Waals surface area contributed by atoms with Crippen LogP contribution in [0.5, 0.6) is 0 Å². The minimum atomic E-state index is -5.17. The van der Waals surface area contributed by atoms with Crippen LogP contribution < -0.4 is 5.32 Å². The third-order valence-electron chi connectivity index (χ3n) is 5.01. The maximum absolute atomic E-state index is 13.1. The maximum Gasteiger partial charge on any atom is 0.416 e. The fourth-order valence-electron chi connectivity index (χ4n) is 3.24. The van der Waals surface area contributed by atoms with E-state index in [-0.39, 0.29) is 50.9 Å². The molecule has 2 aromatic carbocycles. The van der Waals surface area contributed by atoms with E-state index in [1.54, 1.807) is 24.3 Å². The van der Waals surface area contributed by atoms with Crippen molar-refractivity contribution >= 4 is 16.1 Å². The Balaban J connectivity index is 1.72. The number of hydrogen-bond donors (Lipinski definition) is 1. The molecule has 1 N–H and O–H groups in total. The highest BCUT2D eigenvalue weighted by Gasteiger charge is 2.39. The normalized spacial score (nSPS) is 16.0. The number of halogens is 6. The SMILES string of the molecule is O=C(NCc1ccccc1)N1CCN(S(=O)(=O)c2cc(C(F)(F)F)cc(C(F)(F)F)c2)CC1. The van der Waals surface area contributed by atoms with Gasteiger partial charge < -0.3 is 10.2 Å². The molecule has 33 heavy (non-hydrogen) atoms. The van der Waals surface area contributed by atoms with Crippen LogP contribution in [0.25, 0.3) is 0 Å². The predicted octanol–water partition coefficient (Wildman–Crippen LogP) is 3.94. The monoisotopic (exact) mass is 495 g/mol. The first-order chi connectivity index (χ1) is 15.3. The molecule has 13 heteroatoms. The topological polar surface area (TPSA) is 69.7 Å². The number of amides is 2. The highest BCUT2D eigenvalue weighted by molar-refractivity contribution is 7.89. The molecule has 1 saturated heterocycles. The molecule has 1 fully saturated rings. The molecular formula is C20H19F6N3O3S. The van der Waals surface area contributed by atoms with Crippen LogP contribution >= 0.6 is 0 Å². The van der Waals surface area contributed by atoms with Gasteiger partial charge in [-0.3, -0.25) is 0 Å². The fraction of sp³-hybridized carbons (Fsp3) is 0.350. The zero-order valence-electron chi connectivity index (χ0n) is 16.9. The molecule has 6 nitrogen and oxygen atoms in total. The van der Waals surface area contributed by atoms with Gasteiger partial charge in [-0.05, 0) is 23.8 Å². The minimum Gasteiger partial charge on any atom is -0.334 e. The highest BCUT2D eigenvalue weighted by atomic mass is 32.2. The molecule has 2 amide bonds. The van der Waals surface area contributed by atoms with E-state index in [0.29, 0.717) is 0 Å². The average Bonchev–Trinajstić information content (AvgIpc) is 2.76. The number of hydrogen-bond acceptors (Lipinski definition) is 3. The Morgan fingerprint density at radius 3 is 1.85 bits per heavy atom. The van der Waals surface area contributed by atoms with Gasteiger partial charge in [0.05, 0.1) is 16.0 Å². The number of urea groups is 1. The number of benzene rings is 2. The van der Waals surface area contributed by atoms with Crippen LogP contribution in [0.4, 0.5) is 31.1 Å². The van der Waals surface area contributed by atoms with Crippen LogP contribution in [-0.4, -0.2) is 49.8 Å². The zero-order chi connectivity index (χ0) is 24.4. The van der Waals surface area contributed by atoms with Crippen LogP contribution in [0.1, 0.15) is 16.7 Å². The van der Waals surface area contributed by atoms with Gasteiger partial charge in [0.2, 0.25) is 10.0 Å². The summed E-state index contributed by atoms with van der Waals surface area (Å²) in [6.07, 6.45) is -10.3. The van der Waals surface area contributed by atoms with Crippen molar-refractivity contribution in [3.63, 3.8) is 0 Å². The number of rotatable bonds is 4. The van der Waals surface area contributed by atoms with Gasteiger partial charge in [-0.1, -0.05) is 30.3 Å². The van der Waals surface area contributed by atoms with Gasteiger partial charge in [0.15, 0.2) is 0 Å². The van der Waals surface area contributed by atoms with E-state index in [9.17, 15) is 39.6 Å². The number of alkyl halides is 6. The van der Waals surface area contributed by atoms with Gasteiger partial charge in [-0.15, -0.1) is 0 Å². The third kappa shape index (κ3) is 5.96. The van der Waals surface area contributed by atoms with E-state index in [4.69, 9.17) is 0 Å². The van der Waals surface area contributed by atoms with Crippen molar-refractivity contribution in [3.05, 3.63) is 65.2 Å². The van der Waals surface area contributed by atoms with Crippen molar-refractivity contribution in [1.82, 2.24) is 14.5 Å². The Labute approximate surface area is 185 Å². The Morgan fingerprint density at radius 1 is 0.848 bits per heavy atom. The van der Waals surface area contributed by atoms with Crippen molar-refractivity contribution in [2.24, 2.45) is 0 Å². The lowest BCUT2D eigenvalue weighted by Gasteiger charge is -2.34. The number of carbonyl (C=O) groups excluding carboxylic acids is 1. The van der Waals surface area contributed by atoms with Crippen LogP contribution in [0.3, 0.4) is 0 Å². The van der Waals surface area contributed by atoms with Gasteiger partial charge in [0.1, 0.15) is 0 Å². The van der Waals surface area contributed by atoms with Crippen molar-refractivity contribution in [2.75, 3.05) is 26.2 Å². The first-order valence-corrected chi connectivity index (χ1v) is 11.1. The molecule has 0 bridgehead atoms. The molecule has 0 aromatic heterocycles. The summed E-state index contributed by atoms with van der Waals surface area (Å²) in [5.74, 6) is 0. The molecule has 2 aromatic rings. The zero-order valence-corrected chi connectivity index (χ0v) is 17.8. The summed E-state index contributed by atoms with van der Waals surface area (Å²) in [6.45, 7) is -0.476. The van der Waals surface area contributed by atoms with E-state index in [1.165, 1.54) is 4.90 Å². The smallest absolute Gasteiger partial charge is 0.334 e. The molecular weight excluding hydrogens is 476 g/mol. The number of carbonyl (C=O) groups is 1. The van der Waals surface area contributed by atoms with Crippen LogP contribution in [0.15, 0.2) is 53.4 Å². The molecule has 0 aliphatic carbocycles. The molecule has 0 atom stereocenters. The molecule has 0 saturated carbocycles. The number of piperazine rings is 1. The predicted molar refractivity (Wildman–Crippen MR) is 105 cm³/mol. The molecule has 1 heterocycles. The highest BCUT2D eigenvalue weighted by Crippen LogP contribution is 2.37. The first-order valence-electron chi connectivity index (χ1n) is 9.65. The fourth-order valence-corrected chi connectivity index (χ4v) is 4.74. The molecule has 3 rings (SSSR count). The molecule has 1 aliphatic rings. The van der Waals surface area contributed by atoms with E-state index in [2.05, 4.69) is 5.32 Å². The van der Waals surface area contributed by atoms with Crippen molar-refractivity contribution in [3.8, 4) is 0 Å². The summed E-state index contributed by atoms with van der Waals surface area (Å²) < 4.78 is 105. The van der Waals surface area contributed by atoms with Gasteiger partial charge in [-0.2, -0.15) is 30.6 Å². The van der Waals surface area contributed by atoms with Crippen molar-refractivity contribution < 1.29 is 39.6 Å². The van der Waals surface area contributed by atoms with Crippen LogP contribution in [0.2, 0.25) is 0 Å². The summed E-state index contributed by atoms with van der Waals surface area (Å²) in [4.78, 5) is 12.5. The Morgan fingerprint density at radius 2 is 1.36 bits per heavy atom. The minimum absolute atomic E-state index is 0.0784. The Bertz CT molecular complexity index is 1060. The molecule has 0 radical (unpaired) electrons. The quantitative estimate of drug-likeness (QED) is 0.654. The number of nitrogens with zero attached hydrogens (tertiary/aromatic N) is 2. The lowest BCUT2D eigenvalue weighted by atomic mass is 10.1.